The second-order valence-corrected chi connectivity index (χ2v) is 6.46. The lowest BCUT2D eigenvalue weighted by atomic mass is 10.1. The lowest BCUT2D eigenvalue weighted by molar-refractivity contribution is 0.0168. The molecule has 0 aliphatic carbocycles. The lowest BCUT2D eigenvalue weighted by Gasteiger charge is -2.15. The van der Waals surface area contributed by atoms with Crippen LogP contribution in [0.1, 0.15) is 36.1 Å². The standard InChI is InChI=1S/C19H32N4O3/c1-14-11-22-17(15(2)18(14)24-4)12-23-19(20-3)21-8-6-9-25-13-16-7-5-10-26-16/h11,16H,5-10,12-13H2,1-4H3,(H2,20,21,23). The molecular formula is C19H32N4O3. The van der Waals surface area contributed by atoms with Crippen LogP contribution in [0, 0.1) is 13.8 Å². The topological polar surface area (TPSA) is 77.0 Å². The fourth-order valence-corrected chi connectivity index (χ4v) is 3.01. The van der Waals surface area contributed by atoms with E-state index in [0.29, 0.717) is 19.3 Å². The largest absolute Gasteiger partial charge is 0.496 e. The molecule has 0 saturated carbocycles. The highest BCUT2D eigenvalue weighted by Crippen LogP contribution is 2.23. The number of guanidine groups is 1. The summed E-state index contributed by atoms with van der Waals surface area (Å²) in [5, 5.41) is 6.59. The molecule has 1 fully saturated rings. The molecule has 1 aromatic heterocycles. The van der Waals surface area contributed by atoms with Crippen LogP contribution in [0.3, 0.4) is 0 Å². The molecule has 0 aromatic carbocycles. The maximum Gasteiger partial charge on any atom is 0.191 e. The van der Waals surface area contributed by atoms with E-state index in [1.165, 1.54) is 0 Å². The van der Waals surface area contributed by atoms with Gasteiger partial charge in [-0.25, -0.2) is 0 Å². The van der Waals surface area contributed by atoms with Gasteiger partial charge < -0.3 is 24.8 Å². The number of hydrogen-bond acceptors (Lipinski definition) is 5. The van der Waals surface area contributed by atoms with Gasteiger partial charge in [-0.05, 0) is 33.1 Å². The molecule has 7 heteroatoms. The fraction of sp³-hybridized carbons (Fsp3) is 0.684. The number of aryl methyl sites for hydroxylation is 1. The first-order valence-electron chi connectivity index (χ1n) is 9.28. The molecule has 0 spiro atoms. The van der Waals surface area contributed by atoms with Crippen molar-refractivity contribution in [2.45, 2.75) is 45.8 Å². The molecule has 2 rings (SSSR count). The van der Waals surface area contributed by atoms with Crippen LogP contribution in [0.25, 0.3) is 0 Å². The number of nitrogens with zero attached hydrogens (tertiary/aromatic N) is 2. The first-order chi connectivity index (χ1) is 12.7. The van der Waals surface area contributed by atoms with E-state index in [1.54, 1.807) is 14.2 Å². The van der Waals surface area contributed by atoms with Gasteiger partial charge >= 0.3 is 0 Å². The second kappa shape index (κ2) is 11.0. The summed E-state index contributed by atoms with van der Waals surface area (Å²) >= 11 is 0. The summed E-state index contributed by atoms with van der Waals surface area (Å²) in [7, 11) is 3.45. The molecule has 146 valence electrons. The minimum atomic E-state index is 0.291. The van der Waals surface area contributed by atoms with Gasteiger partial charge in [-0.15, -0.1) is 0 Å². The third-order valence-electron chi connectivity index (χ3n) is 4.48. The monoisotopic (exact) mass is 364 g/mol. The molecule has 1 atom stereocenters. The second-order valence-electron chi connectivity index (χ2n) is 6.46. The van der Waals surface area contributed by atoms with Crippen LogP contribution in [-0.4, -0.2) is 57.6 Å². The smallest absolute Gasteiger partial charge is 0.191 e. The van der Waals surface area contributed by atoms with E-state index in [2.05, 4.69) is 20.6 Å². The Balaban J connectivity index is 1.66. The van der Waals surface area contributed by atoms with Gasteiger partial charge in [0.2, 0.25) is 0 Å². The van der Waals surface area contributed by atoms with Crippen molar-refractivity contribution in [3.8, 4) is 5.75 Å². The van der Waals surface area contributed by atoms with Crippen LogP contribution < -0.4 is 15.4 Å². The molecule has 2 heterocycles. The van der Waals surface area contributed by atoms with Gasteiger partial charge in [-0.1, -0.05) is 0 Å². The Bertz CT molecular complexity index is 586. The van der Waals surface area contributed by atoms with Crippen LogP contribution >= 0.6 is 0 Å². The number of pyridine rings is 1. The fourth-order valence-electron chi connectivity index (χ4n) is 3.01. The Hall–Kier alpha value is -1.86. The molecule has 0 amide bonds. The Morgan fingerprint density at radius 2 is 2.23 bits per heavy atom. The Kier molecular flexibility index (Phi) is 8.64. The quantitative estimate of drug-likeness (QED) is 0.396. The summed E-state index contributed by atoms with van der Waals surface area (Å²) in [6.07, 6.45) is 5.32. The number of nitrogens with one attached hydrogen (secondary N) is 2. The van der Waals surface area contributed by atoms with E-state index in [1.807, 2.05) is 20.0 Å². The minimum absolute atomic E-state index is 0.291. The van der Waals surface area contributed by atoms with E-state index >= 15 is 0 Å². The Labute approximate surface area is 156 Å². The average Bonchev–Trinajstić information content (AvgIpc) is 3.15. The maximum atomic E-state index is 5.67. The van der Waals surface area contributed by atoms with Crippen molar-refractivity contribution < 1.29 is 14.2 Å². The van der Waals surface area contributed by atoms with E-state index in [-0.39, 0.29) is 0 Å². The molecule has 26 heavy (non-hydrogen) atoms. The van der Waals surface area contributed by atoms with Crippen molar-refractivity contribution in [2.75, 3.05) is 40.5 Å². The molecule has 1 unspecified atom stereocenters. The van der Waals surface area contributed by atoms with Crippen LogP contribution in [0.15, 0.2) is 11.2 Å². The van der Waals surface area contributed by atoms with Crippen LogP contribution in [0.4, 0.5) is 0 Å². The summed E-state index contributed by atoms with van der Waals surface area (Å²) in [6.45, 7) is 7.72. The van der Waals surface area contributed by atoms with Gasteiger partial charge in [0.25, 0.3) is 0 Å². The molecule has 1 aromatic rings. The lowest BCUT2D eigenvalue weighted by Crippen LogP contribution is -2.38. The molecule has 0 radical (unpaired) electrons. The van der Waals surface area contributed by atoms with E-state index in [4.69, 9.17) is 14.2 Å². The van der Waals surface area contributed by atoms with Crippen LogP contribution in [0.5, 0.6) is 5.75 Å². The molecule has 0 bridgehead atoms. The van der Waals surface area contributed by atoms with Gasteiger partial charge in [0, 0.05) is 44.1 Å². The van der Waals surface area contributed by atoms with Gasteiger partial charge in [0.15, 0.2) is 5.96 Å². The first-order valence-corrected chi connectivity index (χ1v) is 9.28. The number of aromatic nitrogens is 1. The highest BCUT2D eigenvalue weighted by Gasteiger charge is 2.15. The van der Waals surface area contributed by atoms with Gasteiger partial charge in [-0.3, -0.25) is 9.98 Å². The van der Waals surface area contributed by atoms with Gasteiger partial charge in [0.1, 0.15) is 5.75 Å². The molecule has 2 N–H and O–H groups in total. The van der Waals surface area contributed by atoms with E-state index in [0.717, 1.165) is 67.6 Å². The van der Waals surface area contributed by atoms with Crippen molar-refractivity contribution in [3.05, 3.63) is 23.0 Å². The molecule has 7 nitrogen and oxygen atoms in total. The number of hydrogen-bond donors (Lipinski definition) is 2. The van der Waals surface area contributed by atoms with Crippen molar-refractivity contribution in [3.63, 3.8) is 0 Å². The van der Waals surface area contributed by atoms with E-state index in [9.17, 15) is 0 Å². The van der Waals surface area contributed by atoms with Gasteiger partial charge in [-0.2, -0.15) is 0 Å². The number of aliphatic imine (C=N–C) groups is 1. The molecular weight excluding hydrogens is 332 g/mol. The van der Waals surface area contributed by atoms with Crippen molar-refractivity contribution in [1.82, 2.24) is 15.6 Å². The van der Waals surface area contributed by atoms with Crippen molar-refractivity contribution >= 4 is 5.96 Å². The molecule has 1 aliphatic rings. The number of methoxy groups -OCH3 is 1. The SMILES string of the molecule is CN=C(NCCCOCC1CCCO1)NCc1ncc(C)c(OC)c1C. The van der Waals surface area contributed by atoms with E-state index < -0.39 is 0 Å². The van der Waals surface area contributed by atoms with Crippen LogP contribution in [-0.2, 0) is 16.0 Å². The third kappa shape index (κ3) is 6.14. The predicted molar refractivity (Wildman–Crippen MR) is 103 cm³/mol. The summed E-state index contributed by atoms with van der Waals surface area (Å²) < 4.78 is 16.7. The van der Waals surface area contributed by atoms with Crippen LogP contribution in [0.2, 0.25) is 0 Å². The zero-order valence-electron chi connectivity index (χ0n) is 16.4. The van der Waals surface area contributed by atoms with Crippen molar-refractivity contribution in [1.29, 1.82) is 0 Å². The van der Waals surface area contributed by atoms with Gasteiger partial charge in [0.05, 0.1) is 32.1 Å². The highest BCUT2D eigenvalue weighted by atomic mass is 16.5. The summed E-state index contributed by atoms with van der Waals surface area (Å²) in [5.41, 5.74) is 3.05. The molecule has 1 aliphatic heterocycles. The molecule has 1 saturated heterocycles. The zero-order valence-corrected chi connectivity index (χ0v) is 16.4. The Morgan fingerprint density at radius 3 is 2.92 bits per heavy atom. The minimum Gasteiger partial charge on any atom is -0.496 e. The summed E-state index contributed by atoms with van der Waals surface area (Å²) in [5.74, 6) is 1.65. The first kappa shape index (κ1) is 20.5. The summed E-state index contributed by atoms with van der Waals surface area (Å²) in [6, 6.07) is 0. The number of ether oxygens (including phenoxy) is 3. The number of rotatable bonds is 9. The van der Waals surface area contributed by atoms with Crippen molar-refractivity contribution in [2.24, 2.45) is 4.99 Å². The third-order valence-corrected chi connectivity index (χ3v) is 4.48. The maximum absolute atomic E-state index is 5.67. The highest BCUT2D eigenvalue weighted by molar-refractivity contribution is 5.79. The zero-order chi connectivity index (χ0) is 18.8. The average molecular weight is 364 g/mol. The Morgan fingerprint density at radius 1 is 1.38 bits per heavy atom. The predicted octanol–water partition coefficient (Wildman–Crippen LogP) is 1.96. The summed E-state index contributed by atoms with van der Waals surface area (Å²) in [4.78, 5) is 8.74. The normalized spacial score (nSPS) is 17.4.